The Morgan fingerprint density at radius 1 is 1.41 bits per heavy atom. The zero-order valence-electron chi connectivity index (χ0n) is 9.13. The van der Waals surface area contributed by atoms with Gasteiger partial charge in [0.15, 0.2) is 5.69 Å². The van der Waals surface area contributed by atoms with Crippen molar-refractivity contribution in [3.05, 3.63) is 42.8 Å². The van der Waals surface area contributed by atoms with Gasteiger partial charge >= 0.3 is 5.97 Å². The average Bonchev–Trinajstić information content (AvgIpc) is 2.77. The van der Waals surface area contributed by atoms with Gasteiger partial charge in [0.05, 0.1) is 0 Å². The first kappa shape index (κ1) is 12.7. The van der Waals surface area contributed by atoms with Crippen molar-refractivity contribution in [3.8, 4) is 0 Å². The van der Waals surface area contributed by atoms with Crippen LogP contribution in [0.2, 0.25) is 0 Å². The molecule has 90 valence electrons. The number of carboxylic acids is 1. The Morgan fingerprint density at radius 3 is 2.41 bits per heavy atom. The number of hydrogen-bond donors (Lipinski definition) is 1. The third-order valence-electron chi connectivity index (χ3n) is 1.93. The Hall–Kier alpha value is -2.37. The second-order valence-corrected chi connectivity index (χ2v) is 3.17. The van der Waals surface area contributed by atoms with Crippen LogP contribution in [0.25, 0.3) is 0 Å². The molecule has 6 heteroatoms. The van der Waals surface area contributed by atoms with E-state index in [1.165, 1.54) is 4.90 Å². The van der Waals surface area contributed by atoms with Gasteiger partial charge in [0.1, 0.15) is 0 Å². The second kappa shape index (κ2) is 5.64. The fraction of sp³-hybridized carbons (Fsp3) is 0.182. The van der Waals surface area contributed by atoms with Crippen molar-refractivity contribution >= 4 is 11.9 Å². The van der Waals surface area contributed by atoms with E-state index in [-0.39, 0.29) is 11.5 Å². The van der Waals surface area contributed by atoms with Crippen molar-refractivity contribution in [2.75, 3.05) is 13.1 Å². The smallest absolute Gasteiger partial charge is 0.374 e. The van der Waals surface area contributed by atoms with Gasteiger partial charge in [-0.05, 0) is 0 Å². The summed E-state index contributed by atoms with van der Waals surface area (Å²) >= 11 is 0. The molecule has 6 nitrogen and oxygen atoms in total. The van der Waals surface area contributed by atoms with Gasteiger partial charge in [-0.3, -0.25) is 4.79 Å². The number of hydrogen-bond acceptors (Lipinski definition) is 4. The molecular formula is C11H12N2O4. The highest BCUT2D eigenvalue weighted by molar-refractivity contribution is 5.95. The van der Waals surface area contributed by atoms with Crippen molar-refractivity contribution in [1.82, 2.24) is 10.1 Å². The fourth-order valence-electron chi connectivity index (χ4n) is 1.19. The predicted octanol–water partition coefficient (Wildman–Crippen LogP) is 1.19. The lowest BCUT2D eigenvalue weighted by molar-refractivity contribution is 0.0649. The summed E-state index contributed by atoms with van der Waals surface area (Å²) in [7, 11) is 0. The lowest BCUT2D eigenvalue weighted by Gasteiger charge is -2.17. The van der Waals surface area contributed by atoms with Gasteiger partial charge in [0, 0.05) is 19.2 Å². The molecule has 1 heterocycles. The third kappa shape index (κ3) is 3.04. The zero-order chi connectivity index (χ0) is 12.8. The SMILES string of the molecule is C=CCN(CC=C)C(=O)c1cc(C(=O)O)on1. The highest BCUT2D eigenvalue weighted by Gasteiger charge is 2.20. The maximum Gasteiger partial charge on any atom is 0.374 e. The van der Waals surface area contributed by atoms with Gasteiger partial charge in [-0.1, -0.05) is 17.3 Å². The monoisotopic (exact) mass is 236 g/mol. The Labute approximate surface area is 97.8 Å². The van der Waals surface area contributed by atoms with Gasteiger partial charge < -0.3 is 14.5 Å². The number of aromatic nitrogens is 1. The Bertz CT molecular complexity index is 440. The lowest BCUT2D eigenvalue weighted by Crippen LogP contribution is -2.31. The lowest BCUT2D eigenvalue weighted by atomic mass is 10.3. The van der Waals surface area contributed by atoms with Crippen molar-refractivity contribution < 1.29 is 19.2 Å². The van der Waals surface area contributed by atoms with Gasteiger partial charge in [-0.25, -0.2) is 4.79 Å². The van der Waals surface area contributed by atoms with Gasteiger partial charge in [-0.15, -0.1) is 13.2 Å². The standard InChI is InChI=1S/C11H12N2O4/c1-3-5-13(6-4-2)10(14)8-7-9(11(15)16)17-12-8/h3-4,7H,1-2,5-6H2,(H,15,16). The number of aromatic carboxylic acids is 1. The predicted molar refractivity (Wildman–Crippen MR) is 59.8 cm³/mol. The summed E-state index contributed by atoms with van der Waals surface area (Å²) < 4.78 is 4.50. The molecule has 0 fully saturated rings. The molecule has 17 heavy (non-hydrogen) atoms. The maximum absolute atomic E-state index is 11.9. The summed E-state index contributed by atoms with van der Waals surface area (Å²) in [6, 6.07) is 1.09. The zero-order valence-corrected chi connectivity index (χ0v) is 9.13. The van der Waals surface area contributed by atoms with Crippen molar-refractivity contribution in [2.24, 2.45) is 0 Å². The number of rotatable bonds is 6. The van der Waals surface area contributed by atoms with E-state index in [1.807, 2.05) is 0 Å². The summed E-state index contributed by atoms with van der Waals surface area (Å²) in [6.45, 7) is 7.69. The number of carboxylic acid groups (broad SMARTS) is 1. The molecule has 1 amide bonds. The van der Waals surface area contributed by atoms with E-state index in [0.29, 0.717) is 13.1 Å². The first-order valence-electron chi connectivity index (χ1n) is 4.81. The van der Waals surface area contributed by atoms with Crippen LogP contribution < -0.4 is 0 Å². The Balaban J connectivity index is 2.88. The molecule has 0 aliphatic rings. The molecule has 1 aromatic rings. The molecule has 0 aromatic carbocycles. The number of nitrogens with zero attached hydrogens (tertiary/aromatic N) is 2. The van der Waals surface area contributed by atoms with Crippen LogP contribution in [0, 0.1) is 0 Å². The summed E-state index contributed by atoms with van der Waals surface area (Å²) in [5.74, 6) is -2.07. The van der Waals surface area contributed by atoms with Crippen LogP contribution in [0.4, 0.5) is 0 Å². The van der Waals surface area contributed by atoms with Crippen molar-refractivity contribution in [3.63, 3.8) is 0 Å². The van der Waals surface area contributed by atoms with Gasteiger partial charge in [0.25, 0.3) is 5.91 Å². The van der Waals surface area contributed by atoms with Crippen LogP contribution in [0.5, 0.6) is 0 Å². The van der Waals surface area contributed by atoms with Crippen molar-refractivity contribution in [2.45, 2.75) is 0 Å². The van der Waals surface area contributed by atoms with Crippen molar-refractivity contribution in [1.29, 1.82) is 0 Å². The molecule has 0 spiro atoms. The molecule has 0 bridgehead atoms. The molecular weight excluding hydrogens is 224 g/mol. The van der Waals surface area contributed by atoms with E-state index in [9.17, 15) is 9.59 Å². The van der Waals surface area contributed by atoms with Crippen LogP contribution in [-0.4, -0.2) is 40.1 Å². The van der Waals surface area contributed by atoms with E-state index in [0.717, 1.165) is 6.07 Å². The Morgan fingerprint density at radius 2 is 2.00 bits per heavy atom. The number of amides is 1. The fourth-order valence-corrected chi connectivity index (χ4v) is 1.19. The third-order valence-corrected chi connectivity index (χ3v) is 1.93. The molecule has 0 aliphatic carbocycles. The van der Waals surface area contributed by atoms with Crippen LogP contribution in [0.3, 0.4) is 0 Å². The van der Waals surface area contributed by atoms with E-state index in [2.05, 4.69) is 22.8 Å². The topological polar surface area (TPSA) is 83.6 Å². The molecule has 0 saturated heterocycles. The molecule has 0 aliphatic heterocycles. The summed E-state index contributed by atoms with van der Waals surface area (Å²) in [4.78, 5) is 23.8. The minimum absolute atomic E-state index is 0.0499. The van der Waals surface area contributed by atoms with Gasteiger partial charge in [0.2, 0.25) is 5.76 Å². The minimum atomic E-state index is -1.27. The first-order chi connectivity index (χ1) is 8.10. The normalized spacial score (nSPS) is 9.65. The van der Waals surface area contributed by atoms with Crippen LogP contribution in [0.15, 0.2) is 35.9 Å². The first-order valence-corrected chi connectivity index (χ1v) is 4.81. The quantitative estimate of drug-likeness (QED) is 0.750. The van der Waals surface area contributed by atoms with Gasteiger partial charge in [-0.2, -0.15) is 0 Å². The molecule has 0 unspecified atom stereocenters. The summed E-state index contributed by atoms with van der Waals surface area (Å²) in [5, 5.41) is 12.0. The van der Waals surface area contributed by atoms with E-state index in [4.69, 9.17) is 5.11 Å². The van der Waals surface area contributed by atoms with E-state index >= 15 is 0 Å². The minimum Gasteiger partial charge on any atom is -0.475 e. The molecule has 1 aromatic heterocycles. The molecule has 0 atom stereocenters. The summed E-state index contributed by atoms with van der Waals surface area (Å²) in [5.41, 5.74) is -0.0499. The Kier molecular flexibility index (Phi) is 4.21. The highest BCUT2D eigenvalue weighted by Crippen LogP contribution is 2.07. The largest absolute Gasteiger partial charge is 0.475 e. The molecule has 1 rings (SSSR count). The van der Waals surface area contributed by atoms with Crippen LogP contribution in [-0.2, 0) is 0 Å². The number of carbonyl (C=O) groups is 2. The average molecular weight is 236 g/mol. The molecule has 1 N–H and O–H groups in total. The van der Waals surface area contributed by atoms with Crippen LogP contribution >= 0.6 is 0 Å². The molecule has 0 saturated carbocycles. The maximum atomic E-state index is 11.9. The molecule has 0 radical (unpaired) electrons. The summed E-state index contributed by atoms with van der Waals surface area (Å²) in [6.07, 6.45) is 3.11. The van der Waals surface area contributed by atoms with E-state index < -0.39 is 11.9 Å². The highest BCUT2D eigenvalue weighted by atomic mass is 16.5. The van der Waals surface area contributed by atoms with Crippen LogP contribution in [0.1, 0.15) is 21.0 Å². The number of carbonyl (C=O) groups excluding carboxylic acids is 1. The van der Waals surface area contributed by atoms with E-state index in [1.54, 1.807) is 12.2 Å². The second-order valence-electron chi connectivity index (χ2n) is 3.17.